The van der Waals surface area contributed by atoms with E-state index in [9.17, 15) is 4.39 Å². The zero-order chi connectivity index (χ0) is 11.0. The zero-order valence-corrected chi connectivity index (χ0v) is 8.96. The minimum absolute atomic E-state index is 0.176. The number of fused-ring (bicyclic) bond motifs is 1. The molecule has 0 radical (unpaired) electrons. The van der Waals surface area contributed by atoms with Crippen molar-refractivity contribution in [3.8, 4) is 0 Å². The standard InChI is InChI=1S/C13H13FN2/c14-10-4-1-3-9(7-10)8-13-11-5-2-6-12(11)15-16-13/h1,3-4,7H,2,5-6,8H2,(H,15,16). The molecule has 1 aliphatic rings. The summed E-state index contributed by atoms with van der Waals surface area (Å²) < 4.78 is 13.0. The van der Waals surface area contributed by atoms with E-state index in [1.54, 1.807) is 12.1 Å². The summed E-state index contributed by atoms with van der Waals surface area (Å²) in [6.07, 6.45) is 4.14. The summed E-state index contributed by atoms with van der Waals surface area (Å²) in [5, 5.41) is 7.39. The number of hydrogen-bond acceptors (Lipinski definition) is 1. The second-order valence-electron chi connectivity index (χ2n) is 4.29. The summed E-state index contributed by atoms with van der Waals surface area (Å²) in [5.41, 5.74) is 4.69. The van der Waals surface area contributed by atoms with E-state index in [2.05, 4.69) is 10.2 Å². The molecule has 0 spiro atoms. The molecule has 3 rings (SSSR count). The maximum atomic E-state index is 13.0. The smallest absolute Gasteiger partial charge is 0.123 e. The number of halogens is 1. The van der Waals surface area contributed by atoms with Gasteiger partial charge in [-0.05, 0) is 42.5 Å². The van der Waals surface area contributed by atoms with Gasteiger partial charge < -0.3 is 0 Å². The van der Waals surface area contributed by atoms with Crippen LogP contribution in [-0.2, 0) is 19.3 Å². The van der Waals surface area contributed by atoms with E-state index in [4.69, 9.17) is 0 Å². The Labute approximate surface area is 93.5 Å². The SMILES string of the molecule is Fc1cccc(Cc2n[nH]c3c2CCC3)c1. The predicted molar refractivity (Wildman–Crippen MR) is 59.8 cm³/mol. The number of aryl methyl sites for hydroxylation is 1. The van der Waals surface area contributed by atoms with Gasteiger partial charge in [0.15, 0.2) is 0 Å². The highest BCUT2D eigenvalue weighted by Gasteiger charge is 2.18. The average Bonchev–Trinajstić information content (AvgIpc) is 2.83. The van der Waals surface area contributed by atoms with Crippen LogP contribution in [0.1, 0.15) is 28.9 Å². The molecule has 1 heterocycles. The van der Waals surface area contributed by atoms with Gasteiger partial charge in [-0.2, -0.15) is 5.10 Å². The summed E-state index contributed by atoms with van der Waals surface area (Å²) in [6, 6.07) is 6.74. The molecule has 0 bridgehead atoms. The van der Waals surface area contributed by atoms with Crippen LogP contribution in [0.25, 0.3) is 0 Å². The summed E-state index contributed by atoms with van der Waals surface area (Å²) in [4.78, 5) is 0. The van der Waals surface area contributed by atoms with Crippen LogP contribution in [0.2, 0.25) is 0 Å². The lowest BCUT2D eigenvalue weighted by molar-refractivity contribution is 0.626. The van der Waals surface area contributed by atoms with Crippen LogP contribution < -0.4 is 0 Å². The van der Waals surface area contributed by atoms with E-state index < -0.39 is 0 Å². The Hall–Kier alpha value is -1.64. The van der Waals surface area contributed by atoms with Crippen LogP contribution in [0, 0.1) is 5.82 Å². The van der Waals surface area contributed by atoms with Gasteiger partial charge in [0.1, 0.15) is 5.82 Å². The van der Waals surface area contributed by atoms with Crippen molar-refractivity contribution in [3.63, 3.8) is 0 Å². The van der Waals surface area contributed by atoms with E-state index in [0.29, 0.717) is 0 Å². The quantitative estimate of drug-likeness (QED) is 0.821. The first-order valence-corrected chi connectivity index (χ1v) is 5.62. The molecule has 0 amide bonds. The maximum absolute atomic E-state index is 13.0. The van der Waals surface area contributed by atoms with Gasteiger partial charge >= 0.3 is 0 Å². The van der Waals surface area contributed by atoms with Gasteiger partial charge in [-0.25, -0.2) is 4.39 Å². The lowest BCUT2D eigenvalue weighted by Gasteiger charge is -2.00. The largest absolute Gasteiger partial charge is 0.282 e. The lowest BCUT2D eigenvalue weighted by atomic mass is 10.1. The third-order valence-corrected chi connectivity index (χ3v) is 3.15. The lowest BCUT2D eigenvalue weighted by Crippen LogP contribution is -1.93. The van der Waals surface area contributed by atoms with Gasteiger partial charge in [0.05, 0.1) is 5.69 Å². The molecular weight excluding hydrogens is 203 g/mol. The van der Waals surface area contributed by atoms with Crippen molar-refractivity contribution >= 4 is 0 Å². The van der Waals surface area contributed by atoms with Crippen LogP contribution >= 0.6 is 0 Å². The summed E-state index contributed by atoms with van der Waals surface area (Å²) in [7, 11) is 0. The van der Waals surface area contributed by atoms with E-state index in [-0.39, 0.29) is 5.82 Å². The van der Waals surface area contributed by atoms with Crippen LogP contribution in [0.15, 0.2) is 24.3 Å². The second-order valence-corrected chi connectivity index (χ2v) is 4.29. The minimum atomic E-state index is -0.176. The van der Waals surface area contributed by atoms with Crippen molar-refractivity contribution < 1.29 is 4.39 Å². The molecule has 1 N–H and O–H groups in total. The number of nitrogens with one attached hydrogen (secondary N) is 1. The first-order valence-electron chi connectivity index (χ1n) is 5.62. The van der Waals surface area contributed by atoms with Crippen LogP contribution in [-0.4, -0.2) is 10.2 Å². The normalized spacial score (nSPS) is 14.1. The fourth-order valence-electron chi connectivity index (χ4n) is 2.37. The Morgan fingerprint density at radius 3 is 3.12 bits per heavy atom. The van der Waals surface area contributed by atoms with Crippen LogP contribution in [0.5, 0.6) is 0 Å². The molecule has 3 heteroatoms. The van der Waals surface area contributed by atoms with Crippen LogP contribution in [0.4, 0.5) is 4.39 Å². The van der Waals surface area contributed by atoms with Gasteiger partial charge in [0, 0.05) is 12.1 Å². The molecule has 1 aromatic heterocycles. The topological polar surface area (TPSA) is 28.7 Å². The zero-order valence-electron chi connectivity index (χ0n) is 8.96. The number of aromatic amines is 1. The molecular formula is C13H13FN2. The number of benzene rings is 1. The Morgan fingerprint density at radius 1 is 1.31 bits per heavy atom. The summed E-state index contributed by atoms with van der Waals surface area (Å²) in [6.45, 7) is 0. The number of rotatable bonds is 2. The molecule has 0 fully saturated rings. The van der Waals surface area contributed by atoms with Gasteiger partial charge in [0.25, 0.3) is 0 Å². The van der Waals surface area contributed by atoms with Gasteiger partial charge in [0.2, 0.25) is 0 Å². The van der Waals surface area contributed by atoms with Crippen molar-refractivity contribution in [3.05, 3.63) is 52.6 Å². The third kappa shape index (κ3) is 1.62. The van der Waals surface area contributed by atoms with E-state index in [1.165, 1.54) is 23.7 Å². The molecule has 82 valence electrons. The number of aromatic nitrogens is 2. The van der Waals surface area contributed by atoms with Crippen molar-refractivity contribution in [2.24, 2.45) is 0 Å². The fraction of sp³-hybridized carbons (Fsp3) is 0.308. The molecule has 2 nitrogen and oxygen atoms in total. The highest BCUT2D eigenvalue weighted by molar-refractivity contribution is 5.33. The third-order valence-electron chi connectivity index (χ3n) is 3.15. The average molecular weight is 216 g/mol. The second kappa shape index (κ2) is 3.74. The van der Waals surface area contributed by atoms with Crippen molar-refractivity contribution in [1.82, 2.24) is 10.2 Å². The fourth-order valence-corrected chi connectivity index (χ4v) is 2.37. The molecule has 0 atom stereocenters. The molecule has 16 heavy (non-hydrogen) atoms. The number of hydrogen-bond donors (Lipinski definition) is 1. The van der Waals surface area contributed by atoms with Gasteiger partial charge in [-0.3, -0.25) is 5.10 Å². The van der Waals surface area contributed by atoms with E-state index in [0.717, 1.165) is 30.5 Å². The Morgan fingerprint density at radius 2 is 2.25 bits per heavy atom. The summed E-state index contributed by atoms with van der Waals surface area (Å²) >= 11 is 0. The Balaban J connectivity index is 1.89. The molecule has 1 aliphatic carbocycles. The highest BCUT2D eigenvalue weighted by atomic mass is 19.1. The van der Waals surface area contributed by atoms with E-state index >= 15 is 0 Å². The molecule has 0 unspecified atom stereocenters. The Bertz CT molecular complexity index is 516. The maximum Gasteiger partial charge on any atom is 0.123 e. The van der Waals surface area contributed by atoms with Crippen molar-refractivity contribution in [1.29, 1.82) is 0 Å². The molecule has 0 saturated carbocycles. The Kier molecular flexibility index (Phi) is 2.24. The monoisotopic (exact) mass is 216 g/mol. The summed E-state index contributed by atoms with van der Waals surface area (Å²) in [5.74, 6) is -0.176. The van der Waals surface area contributed by atoms with Crippen molar-refractivity contribution in [2.45, 2.75) is 25.7 Å². The first-order chi connectivity index (χ1) is 7.83. The highest BCUT2D eigenvalue weighted by Crippen LogP contribution is 2.24. The molecule has 0 aliphatic heterocycles. The van der Waals surface area contributed by atoms with Gasteiger partial charge in [-0.1, -0.05) is 12.1 Å². The predicted octanol–water partition coefficient (Wildman–Crippen LogP) is 2.63. The minimum Gasteiger partial charge on any atom is -0.282 e. The molecule has 0 saturated heterocycles. The number of nitrogens with zero attached hydrogens (tertiary/aromatic N) is 1. The molecule has 1 aromatic carbocycles. The van der Waals surface area contributed by atoms with Crippen molar-refractivity contribution in [2.75, 3.05) is 0 Å². The number of H-pyrrole nitrogens is 1. The van der Waals surface area contributed by atoms with Gasteiger partial charge in [-0.15, -0.1) is 0 Å². The van der Waals surface area contributed by atoms with Crippen LogP contribution in [0.3, 0.4) is 0 Å². The molecule has 2 aromatic rings. The van der Waals surface area contributed by atoms with E-state index in [1.807, 2.05) is 6.07 Å². The first kappa shape index (κ1) is 9.58.